The molecule has 0 bridgehead atoms. The molecule has 0 aliphatic carbocycles. The highest BCUT2D eigenvalue weighted by atomic mass is 16.4. The van der Waals surface area contributed by atoms with Crippen molar-refractivity contribution in [1.29, 1.82) is 0 Å². The zero-order valence-electron chi connectivity index (χ0n) is 5.98. The van der Waals surface area contributed by atoms with Crippen molar-refractivity contribution in [2.45, 2.75) is 6.42 Å². The molecule has 12 heavy (non-hydrogen) atoms. The maximum absolute atomic E-state index is 10.9. The number of urea groups is 1. The molecule has 0 aromatic rings. The summed E-state index contributed by atoms with van der Waals surface area (Å²) in [6.07, 6.45) is 0.706. The molecule has 1 unspecified atom stereocenters. The van der Waals surface area contributed by atoms with Gasteiger partial charge in [0, 0.05) is 6.21 Å². The minimum absolute atomic E-state index is 0.345. The van der Waals surface area contributed by atoms with Crippen molar-refractivity contribution in [3.63, 3.8) is 0 Å². The molecule has 2 N–H and O–H groups in total. The van der Waals surface area contributed by atoms with E-state index in [2.05, 4.69) is 4.99 Å². The third-order valence-corrected chi connectivity index (χ3v) is 1.33. The molecule has 6 heteroatoms. The lowest BCUT2D eigenvalue weighted by Crippen LogP contribution is -2.39. The minimum Gasteiger partial charge on any atom is -0.481 e. The van der Waals surface area contributed by atoms with Crippen LogP contribution in [0.5, 0.6) is 0 Å². The van der Waals surface area contributed by atoms with E-state index >= 15 is 0 Å². The summed E-state index contributed by atoms with van der Waals surface area (Å²) in [6.45, 7) is 0. The first-order valence-electron chi connectivity index (χ1n) is 3.20. The van der Waals surface area contributed by atoms with Crippen LogP contribution in [0, 0.1) is 5.92 Å². The van der Waals surface area contributed by atoms with Gasteiger partial charge in [0.05, 0.1) is 12.3 Å². The number of hydrogen-bond donors (Lipinski definition) is 2. The number of rotatable bonds is 2. The minimum atomic E-state index is -1.10. The van der Waals surface area contributed by atoms with Crippen molar-refractivity contribution in [1.82, 2.24) is 5.32 Å². The van der Waals surface area contributed by atoms with Gasteiger partial charge in [0.2, 0.25) is 5.91 Å². The molecule has 0 aromatic heterocycles. The number of imide groups is 1. The number of aliphatic imine (C=N–C) groups is 1. The zero-order valence-corrected chi connectivity index (χ0v) is 5.98. The van der Waals surface area contributed by atoms with Gasteiger partial charge in [-0.05, 0) is 0 Å². The molecule has 1 heterocycles. The highest BCUT2D eigenvalue weighted by molar-refractivity contribution is 6.10. The Kier molecular flexibility index (Phi) is 2.18. The van der Waals surface area contributed by atoms with E-state index in [1.807, 2.05) is 5.32 Å². The van der Waals surface area contributed by atoms with Gasteiger partial charge in [-0.1, -0.05) is 0 Å². The Hall–Kier alpha value is -1.72. The Morgan fingerprint density at radius 1 is 1.67 bits per heavy atom. The van der Waals surface area contributed by atoms with E-state index in [9.17, 15) is 14.4 Å². The Morgan fingerprint density at radius 3 is 2.83 bits per heavy atom. The Labute approximate surface area is 67.3 Å². The van der Waals surface area contributed by atoms with Crippen molar-refractivity contribution in [3.8, 4) is 0 Å². The molecule has 1 aliphatic heterocycles. The maximum Gasteiger partial charge on any atom is 0.347 e. The molecule has 3 amide bonds. The largest absolute Gasteiger partial charge is 0.481 e. The zero-order chi connectivity index (χ0) is 9.14. The van der Waals surface area contributed by atoms with Gasteiger partial charge >= 0.3 is 12.0 Å². The maximum atomic E-state index is 10.9. The van der Waals surface area contributed by atoms with E-state index in [-0.39, 0.29) is 6.42 Å². The summed E-state index contributed by atoms with van der Waals surface area (Å²) in [5.74, 6) is -2.55. The summed E-state index contributed by atoms with van der Waals surface area (Å²) in [4.78, 5) is 34.7. The van der Waals surface area contributed by atoms with Gasteiger partial charge in [-0.25, -0.2) is 9.79 Å². The van der Waals surface area contributed by atoms with E-state index in [0.717, 1.165) is 6.21 Å². The Balaban J connectivity index is 2.66. The average molecular weight is 170 g/mol. The highest BCUT2D eigenvalue weighted by Crippen LogP contribution is 2.04. The molecule has 6 nitrogen and oxygen atoms in total. The lowest BCUT2D eigenvalue weighted by atomic mass is 10.1. The molecule has 0 radical (unpaired) electrons. The molecule has 0 fully saturated rings. The molecule has 1 aliphatic rings. The molecule has 64 valence electrons. The lowest BCUT2D eigenvalue weighted by molar-refractivity contribution is -0.139. The van der Waals surface area contributed by atoms with Gasteiger partial charge in [0.1, 0.15) is 0 Å². The van der Waals surface area contributed by atoms with Crippen LogP contribution in [-0.4, -0.2) is 29.2 Å². The van der Waals surface area contributed by atoms with Gasteiger partial charge in [-0.3, -0.25) is 14.9 Å². The van der Waals surface area contributed by atoms with Crippen LogP contribution in [0.2, 0.25) is 0 Å². The second-order valence-corrected chi connectivity index (χ2v) is 2.28. The summed E-state index contributed by atoms with van der Waals surface area (Å²) in [5, 5.41) is 10.2. The van der Waals surface area contributed by atoms with Crippen LogP contribution in [0.3, 0.4) is 0 Å². The second-order valence-electron chi connectivity index (χ2n) is 2.28. The van der Waals surface area contributed by atoms with E-state index in [1.54, 1.807) is 0 Å². The Morgan fingerprint density at radius 2 is 2.33 bits per heavy atom. The van der Waals surface area contributed by atoms with Crippen molar-refractivity contribution in [2.24, 2.45) is 10.9 Å². The summed E-state index contributed by atoms with van der Waals surface area (Å²) in [6, 6.07) is -0.748. The SMILES string of the molecule is O=C(O)CC1C=NC(=O)NC1=O. The summed E-state index contributed by atoms with van der Waals surface area (Å²) in [7, 11) is 0. The number of carboxylic acid groups (broad SMARTS) is 1. The van der Waals surface area contributed by atoms with E-state index in [1.165, 1.54) is 0 Å². The van der Waals surface area contributed by atoms with Crippen LogP contribution in [0.1, 0.15) is 6.42 Å². The molecule has 1 rings (SSSR count). The summed E-state index contributed by atoms with van der Waals surface area (Å²) in [5.41, 5.74) is 0. The molecule has 0 saturated heterocycles. The quantitative estimate of drug-likeness (QED) is 0.578. The third-order valence-electron chi connectivity index (χ3n) is 1.33. The van der Waals surface area contributed by atoms with Crippen molar-refractivity contribution >= 4 is 24.1 Å². The molecular formula is C6H6N2O4. The lowest BCUT2D eigenvalue weighted by Gasteiger charge is -2.11. The smallest absolute Gasteiger partial charge is 0.347 e. The number of nitrogens with zero attached hydrogens (tertiary/aromatic N) is 1. The topological polar surface area (TPSA) is 95.8 Å². The molecule has 0 spiro atoms. The average Bonchev–Trinajstić information content (AvgIpc) is 1.94. The number of hydrogen-bond acceptors (Lipinski definition) is 3. The van der Waals surface area contributed by atoms with Gasteiger partial charge in [-0.2, -0.15) is 0 Å². The van der Waals surface area contributed by atoms with Crippen LogP contribution in [0.25, 0.3) is 0 Å². The van der Waals surface area contributed by atoms with Crippen LogP contribution in [0.15, 0.2) is 4.99 Å². The molecular weight excluding hydrogens is 164 g/mol. The predicted octanol–water partition coefficient (Wildman–Crippen LogP) is -0.602. The number of nitrogens with one attached hydrogen (secondary N) is 1. The van der Waals surface area contributed by atoms with E-state index in [0.29, 0.717) is 0 Å². The van der Waals surface area contributed by atoms with Gasteiger partial charge in [0.25, 0.3) is 0 Å². The van der Waals surface area contributed by atoms with Crippen LogP contribution in [-0.2, 0) is 9.59 Å². The fourth-order valence-corrected chi connectivity index (χ4v) is 0.789. The number of carbonyl (C=O) groups is 3. The highest BCUT2D eigenvalue weighted by Gasteiger charge is 2.24. The normalized spacial score (nSPS) is 22.2. The number of carboxylic acids is 1. The standard InChI is InChI=1S/C6H6N2O4/c9-4(10)1-3-2-7-6(12)8-5(3)11/h2-3H,1H2,(H,9,10)(H,8,11,12). The number of amides is 3. The van der Waals surface area contributed by atoms with Gasteiger partial charge in [0.15, 0.2) is 0 Å². The Bertz CT molecular complexity index is 271. The summed E-state index contributed by atoms with van der Waals surface area (Å²) >= 11 is 0. The van der Waals surface area contributed by atoms with Crippen LogP contribution < -0.4 is 5.32 Å². The van der Waals surface area contributed by atoms with E-state index in [4.69, 9.17) is 5.11 Å². The predicted molar refractivity (Wildman–Crippen MR) is 37.8 cm³/mol. The van der Waals surface area contributed by atoms with Crippen molar-refractivity contribution in [2.75, 3.05) is 0 Å². The fourth-order valence-electron chi connectivity index (χ4n) is 0.789. The number of carbonyl (C=O) groups excluding carboxylic acids is 2. The van der Waals surface area contributed by atoms with Crippen molar-refractivity contribution < 1.29 is 19.5 Å². The molecule has 0 aromatic carbocycles. The van der Waals surface area contributed by atoms with Crippen molar-refractivity contribution in [3.05, 3.63) is 0 Å². The molecule has 0 saturated carbocycles. The first-order valence-corrected chi connectivity index (χ1v) is 3.20. The molecule has 1 atom stereocenters. The fraction of sp³-hybridized carbons (Fsp3) is 0.333. The van der Waals surface area contributed by atoms with Crippen LogP contribution in [0.4, 0.5) is 4.79 Å². The van der Waals surface area contributed by atoms with Gasteiger partial charge in [-0.15, -0.1) is 0 Å². The first-order chi connectivity index (χ1) is 5.59. The summed E-state index contributed by atoms with van der Waals surface area (Å²) < 4.78 is 0. The second kappa shape index (κ2) is 3.12. The number of aliphatic carboxylic acids is 1. The van der Waals surface area contributed by atoms with Crippen LogP contribution >= 0.6 is 0 Å². The monoisotopic (exact) mass is 170 g/mol. The van der Waals surface area contributed by atoms with Gasteiger partial charge < -0.3 is 5.11 Å². The first kappa shape index (κ1) is 8.38. The van der Waals surface area contributed by atoms with E-state index < -0.39 is 23.8 Å². The third kappa shape index (κ3) is 1.88.